The Morgan fingerprint density at radius 2 is 2.24 bits per heavy atom. The van der Waals surface area contributed by atoms with Crippen LogP contribution in [0, 0.1) is 13.8 Å². The van der Waals surface area contributed by atoms with Crippen LogP contribution in [-0.2, 0) is 12.6 Å². The number of furan rings is 1. The van der Waals surface area contributed by atoms with Crippen molar-refractivity contribution in [2.24, 2.45) is 7.05 Å². The van der Waals surface area contributed by atoms with E-state index in [9.17, 15) is 9.90 Å². The van der Waals surface area contributed by atoms with Crippen molar-refractivity contribution in [2.75, 3.05) is 11.9 Å². The van der Waals surface area contributed by atoms with E-state index < -0.39 is 11.6 Å². The van der Waals surface area contributed by atoms with Crippen LogP contribution in [0.3, 0.4) is 0 Å². The van der Waals surface area contributed by atoms with E-state index in [1.54, 1.807) is 44.0 Å². The molecule has 2 aromatic rings. The van der Waals surface area contributed by atoms with Crippen molar-refractivity contribution in [3.05, 3.63) is 35.5 Å². The van der Waals surface area contributed by atoms with Crippen molar-refractivity contribution in [3.8, 4) is 0 Å². The van der Waals surface area contributed by atoms with Crippen molar-refractivity contribution in [2.45, 2.75) is 26.4 Å². The second kappa shape index (κ2) is 5.61. The van der Waals surface area contributed by atoms with Crippen molar-refractivity contribution in [1.29, 1.82) is 0 Å². The van der Waals surface area contributed by atoms with Crippen LogP contribution in [0.2, 0.25) is 0 Å². The van der Waals surface area contributed by atoms with Crippen LogP contribution in [0.1, 0.15) is 24.0 Å². The van der Waals surface area contributed by atoms with Gasteiger partial charge in [-0.15, -0.1) is 0 Å². The summed E-state index contributed by atoms with van der Waals surface area (Å²) < 4.78 is 6.99. The number of amides is 2. The standard InChI is InChI=1S/C14H20N4O3/c1-9-5-12(10(2)21-9)14(3,20)8-15-13(19)17-11-6-16-18(4)7-11/h5-7,20H,8H2,1-4H3,(H2,15,17,19). The first-order valence-electron chi connectivity index (χ1n) is 6.61. The number of aliphatic hydroxyl groups is 1. The molecule has 0 aromatic carbocycles. The van der Waals surface area contributed by atoms with Gasteiger partial charge in [-0.05, 0) is 26.8 Å². The molecule has 2 heterocycles. The zero-order valence-electron chi connectivity index (χ0n) is 12.6. The van der Waals surface area contributed by atoms with Crippen molar-refractivity contribution in [3.63, 3.8) is 0 Å². The Bertz CT molecular complexity index is 642. The SMILES string of the molecule is Cc1cc(C(C)(O)CNC(=O)Nc2cnn(C)c2)c(C)o1. The molecule has 1 atom stereocenters. The topological polar surface area (TPSA) is 92.3 Å². The van der Waals surface area contributed by atoms with Gasteiger partial charge < -0.3 is 20.2 Å². The fraction of sp³-hybridized carbons (Fsp3) is 0.429. The van der Waals surface area contributed by atoms with Crippen LogP contribution in [0.25, 0.3) is 0 Å². The molecule has 0 radical (unpaired) electrons. The Kier molecular flexibility index (Phi) is 4.04. The minimum absolute atomic E-state index is 0.0684. The number of carbonyl (C=O) groups excluding carboxylic acids is 1. The maximum atomic E-state index is 11.8. The molecule has 114 valence electrons. The number of rotatable bonds is 4. The van der Waals surface area contributed by atoms with Gasteiger partial charge in [0.05, 0.1) is 18.4 Å². The molecule has 2 amide bonds. The highest BCUT2D eigenvalue weighted by Gasteiger charge is 2.28. The molecule has 7 nitrogen and oxygen atoms in total. The molecule has 0 aliphatic carbocycles. The second-order valence-corrected chi connectivity index (χ2v) is 5.31. The molecule has 0 spiro atoms. The molecule has 3 N–H and O–H groups in total. The zero-order chi connectivity index (χ0) is 15.6. The highest BCUT2D eigenvalue weighted by molar-refractivity contribution is 5.88. The first-order valence-corrected chi connectivity index (χ1v) is 6.61. The third-order valence-electron chi connectivity index (χ3n) is 3.18. The molecular formula is C14H20N4O3. The van der Waals surface area contributed by atoms with E-state index in [0.29, 0.717) is 17.0 Å². The summed E-state index contributed by atoms with van der Waals surface area (Å²) in [5, 5.41) is 19.7. The van der Waals surface area contributed by atoms with Crippen LogP contribution < -0.4 is 10.6 Å². The van der Waals surface area contributed by atoms with Gasteiger partial charge in [-0.1, -0.05) is 0 Å². The molecular weight excluding hydrogens is 272 g/mol. The number of aryl methyl sites for hydroxylation is 3. The quantitative estimate of drug-likeness (QED) is 0.799. The van der Waals surface area contributed by atoms with Crippen LogP contribution in [0.4, 0.5) is 10.5 Å². The molecule has 0 aliphatic heterocycles. The van der Waals surface area contributed by atoms with Gasteiger partial charge in [-0.3, -0.25) is 4.68 Å². The van der Waals surface area contributed by atoms with E-state index in [4.69, 9.17) is 4.42 Å². The second-order valence-electron chi connectivity index (χ2n) is 5.31. The normalized spacial score (nSPS) is 13.8. The molecule has 2 rings (SSSR count). The van der Waals surface area contributed by atoms with Crippen LogP contribution in [0.15, 0.2) is 22.9 Å². The lowest BCUT2D eigenvalue weighted by atomic mass is 9.96. The van der Waals surface area contributed by atoms with Crippen molar-refractivity contribution < 1.29 is 14.3 Å². The van der Waals surface area contributed by atoms with Crippen molar-refractivity contribution >= 4 is 11.7 Å². The summed E-state index contributed by atoms with van der Waals surface area (Å²) in [6.07, 6.45) is 3.22. The van der Waals surface area contributed by atoms with Gasteiger partial charge in [0.25, 0.3) is 0 Å². The van der Waals surface area contributed by atoms with E-state index in [1.165, 1.54) is 0 Å². The van der Waals surface area contributed by atoms with Crippen LogP contribution in [0.5, 0.6) is 0 Å². The summed E-state index contributed by atoms with van der Waals surface area (Å²) in [5.74, 6) is 1.37. The summed E-state index contributed by atoms with van der Waals surface area (Å²) in [7, 11) is 1.76. The minimum Gasteiger partial charge on any atom is -0.466 e. The Balaban J connectivity index is 1.95. The van der Waals surface area contributed by atoms with E-state index in [0.717, 1.165) is 5.76 Å². The van der Waals surface area contributed by atoms with Gasteiger partial charge in [-0.25, -0.2) is 4.79 Å². The Morgan fingerprint density at radius 3 is 2.76 bits per heavy atom. The van der Waals surface area contributed by atoms with E-state index in [2.05, 4.69) is 15.7 Å². The van der Waals surface area contributed by atoms with Gasteiger partial charge in [0.1, 0.15) is 17.1 Å². The molecule has 0 bridgehead atoms. The monoisotopic (exact) mass is 292 g/mol. The average molecular weight is 292 g/mol. The predicted octanol–water partition coefficient (Wildman–Crippen LogP) is 1.66. The highest BCUT2D eigenvalue weighted by Crippen LogP contribution is 2.26. The van der Waals surface area contributed by atoms with Gasteiger partial charge >= 0.3 is 6.03 Å². The fourth-order valence-electron chi connectivity index (χ4n) is 2.17. The lowest BCUT2D eigenvalue weighted by Crippen LogP contribution is -2.40. The molecule has 21 heavy (non-hydrogen) atoms. The number of nitrogens with one attached hydrogen (secondary N) is 2. The molecule has 7 heteroatoms. The summed E-state index contributed by atoms with van der Waals surface area (Å²) in [4.78, 5) is 11.8. The molecule has 2 aromatic heterocycles. The lowest BCUT2D eigenvalue weighted by molar-refractivity contribution is 0.0584. The minimum atomic E-state index is -1.20. The third kappa shape index (κ3) is 3.63. The Morgan fingerprint density at radius 1 is 1.52 bits per heavy atom. The van der Waals surface area contributed by atoms with Crippen molar-refractivity contribution in [1.82, 2.24) is 15.1 Å². The lowest BCUT2D eigenvalue weighted by Gasteiger charge is -2.23. The molecule has 0 saturated carbocycles. The summed E-state index contributed by atoms with van der Waals surface area (Å²) in [5.41, 5.74) is 0.0559. The fourth-order valence-corrected chi connectivity index (χ4v) is 2.17. The maximum absolute atomic E-state index is 11.8. The number of anilines is 1. The van der Waals surface area contributed by atoms with Gasteiger partial charge in [-0.2, -0.15) is 5.10 Å². The number of carbonyl (C=O) groups is 1. The number of hydrogen-bond acceptors (Lipinski definition) is 4. The molecule has 0 aliphatic rings. The zero-order valence-corrected chi connectivity index (χ0v) is 12.6. The van der Waals surface area contributed by atoms with E-state index >= 15 is 0 Å². The third-order valence-corrected chi connectivity index (χ3v) is 3.18. The highest BCUT2D eigenvalue weighted by atomic mass is 16.3. The Hall–Kier alpha value is -2.28. The van der Waals surface area contributed by atoms with Crippen LogP contribution >= 0.6 is 0 Å². The maximum Gasteiger partial charge on any atom is 0.319 e. The summed E-state index contributed by atoms with van der Waals surface area (Å²) >= 11 is 0. The molecule has 0 saturated heterocycles. The van der Waals surface area contributed by atoms with Gasteiger partial charge in [0, 0.05) is 18.8 Å². The van der Waals surface area contributed by atoms with E-state index in [-0.39, 0.29) is 6.54 Å². The molecule has 0 fully saturated rings. The number of aromatic nitrogens is 2. The molecule has 1 unspecified atom stereocenters. The summed E-state index contributed by atoms with van der Waals surface area (Å²) in [6.45, 7) is 5.30. The number of nitrogens with zero attached hydrogens (tertiary/aromatic N) is 2. The average Bonchev–Trinajstić information content (AvgIpc) is 2.93. The Labute approximate surface area is 123 Å². The van der Waals surface area contributed by atoms with E-state index in [1.807, 2.05) is 6.92 Å². The first-order chi connectivity index (χ1) is 9.78. The first kappa shape index (κ1) is 15.1. The van der Waals surface area contributed by atoms with Gasteiger partial charge in [0.2, 0.25) is 0 Å². The largest absolute Gasteiger partial charge is 0.466 e. The predicted molar refractivity (Wildman–Crippen MR) is 78.0 cm³/mol. The summed E-state index contributed by atoms with van der Waals surface area (Å²) in [6, 6.07) is 1.37. The smallest absolute Gasteiger partial charge is 0.319 e. The number of hydrogen-bond donors (Lipinski definition) is 3. The number of urea groups is 1. The van der Waals surface area contributed by atoms with Crippen LogP contribution in [-0.4, -0.2) is 27.5 Å². The van der Waals surface area contributed by atoms with Gasteiger partial charge in [0.15, 0.2) is 0 Å².